The van der Waals surface area contributed by atoms with Gasteiger partial charge in [-0.05, 0) is 46.5 Å². The molecule has 94 valence electrons. The maximum atomic E-state index is 11.7. The van der Waals surface area contributed by atoms with E-state index in [0.29, 0.717) is 6.42 Å². The molecule has 2 unspecified atom stereocenters. The third-order valence-corrected chi connectivity index (χ3v) is 3.15. The van der Waals surface area contributed by atoms with Crippen LogP contribution < -0.4 is 0 Å². The second-order valence-electron chi connectivity index (χ2n) is 5.23. The lowest BCUT2D eigenvalue weighted by Crippen LogP contribution is -2.32. The van der Waals surface area contributed by atoms with Crippen LogP contribution in [0.25, 0.3) is 0 Å². The number of rotatable bonds is 3. The number of esters is 1. The van der Waals surface area contributed by atoms with Crippen molar-refractivity contribution in [1.29, 1.82) is 0 Å². The molecule has 0 saturated carbocycles. The smallest absolute Gasteiger partial charge is 0.320 e. The fourth-order valence-corrected chi connectivity index (χ4v) is 2.20. The van der Waals surface area contributed by atoms with Crippen molar-refractivity contribution in [2.45, 2.75) is 63.0 Å². The molecular formula is C12H21BrO3. The summed E-state index contributed by atoms with van der Waals surface area (Å²) in [5, 5.41) is 0. The van der Waals surface area contributed by atoms with Crippen LogP contribution >= 0.6 is 15.9 Å². The fourth-order valence-electron chi connectivity index (χ4n) is 1.69. The summed E-state index contributed by atoms with van der Waals surface area (Å²) >= 11 is 3.38. The summed E-state index contributed by atoms with van der Waals surface area (Å²) in [7, 11) is 0. The monoisotopic (exact) mass is 292 g/mol. The predicted octanol–water partition coefficient (Wildman–Crippen LogP) is 3.05. The first kappa shape index (κ1) is 14.0. The van der Waals surface area contributed by atoms with Crippen LogP contribution in [-0.2, 0) is 14.3 Å². The minimum absolute atomic E-state index is 0.193. The van der Waals surface area contributed by atoms with Gasteiger partial charge in [0.1, 0.15) is 10.4 Å². The van der Waals surface area contributed by atoms with Crippen LogP contribution in [0, 0.1) is 0 Å². The van der Waals surface area contributed by atoms with E-state index in [1.807, 2.05) is 20.8 Å². The van der Waals surface area contributed by atoms with Gasteiger partial charge in [0.2, 0.25) is 0 Å². The number of ether oxygens (including phenoxy) is 2. The number of carbonyl (C=O) groups excluding carboxylic acids is 1. The first-order chi connectivity index (χ1) is 7.38. The van der Waals surface area contributed by atoms with Crippen molar-refractivity contribution in [3.8, 4) is 0 Å². The molecule has 1 saturated heterocycles. The first-order valence-corrected chi connectivity index (χ1v) is 6.78. The minimum atomic E-state index is -0.420. The van der Waals surface area contributed by atoms with Crippen LogP contribution in [0.2, 0.25) is 0 Å². The number of alkyl halides is 1. The summed E-state index contributed by atoms with van der Waals surface area (Å²) in [5.41, 5.74) is -0.420. The molecule has 0 bridgehead atoms. The maximum absolute atomic E-state index is 11.7. The molecule has 3 nitrogen and oxygen atoms in total. The van der Waals surface area contributed by atoms with E-state index in [9.17, 15) is 4.79 Å². The third kappa shape index (κ3) is 5.30. The Bertz CT molecular complexity index is 229. The normalized spacial score (nSPS) is 23.9. The summed E-state index contributed by atoms with van der Waals surface area (Å²) < 4.78 is 10.9. The van der Waals surface area contributed by atoms with Crippen LogP contribution in [0.15, 0.2) is 0 Å². The molecule has 16 heavy (non-hydrogen) atoms. The standard InChI is InChI=1S/C12H21BrO3/c1-12(2,3)16-11(14)10(13)8-9-6-4-5-7-15-9/h9-10H,4-8H2,1-3H3. The second-order valence-corrected chi connectivity index (χ2v) is 6.33. The van der Waals surface area contributed by atoms with Crippen molar-refractivity contribution in [3.05, 3.63) is 0 Å². The van der Waals surface area contributed by atoms with Gasteiger partial charge in [-0.1, -0.05) is 15.9 Å². The summed E-state index contributed by atoms with van der Waals surface area (Å²) in [6, 6.07) is 0. The lowest BCUT2D eigenvalue weighted by Gasteiger charge is -2.26. The molecule has 1 heterocycles. The van der Waals surface area contributed by atoms with Gasteiger partial charge in [0.15, 0.2) is 0 Å². The number of hydrogen-bond donors (Lipinski definition) is 0. The van der Waals surface area contributed by atoms with Gasteiger partial charge in [-0.15, -0.1) is 0 Å². The average molecular weight is 293 g/mol. The SMILES string of the molecule is CC(C)(C)OC(=O)C(Br)CC1CCCCO1. The van der Waals surface area contributed by atoms with E-state index in [0.717, 1.165) is 19.4 Å². The minimum Gasteiger partial charge on any atom is -0.459 e. The van der Waals surface area contributed by atoms with Crippen molar-refractivity contribution in [2.24, 2.45) is 0 Å². The topological polar surface area (TPSA) is 35.5 Å². The quantitative estimate of drug-likeness (QED) is 0.592. The molecular weight excluding hydrogens is 272 g/mol. The van der Waals surface area contributed by atoms with Gasteiger partial charge in [-0.2, -0.15) is 0 Å². The molecule has 0 aromatic rings. The highest BCUT2D eigenvalue weighted by Crippen LogP contribution is 2.22. The van der Waals surface area contributed by atoms with Crippen LogP contribution in [0.5, 0.6) is 0 Å². The largest absolute Gasteiger partial charge is 0.459 e. The number of halogens is 1. The summed E-state index contributed by atoms with van der Waals surface area (Å²) in [5.74, 6) is -0.193. The number of carbonyl (C=O) groups is 1. The average Bonchev–Trinajstić information content (AvgIpc) is 2.16. The predicted molar refractivity (Wildman–Crippen MR) is 66.8 cm³/mol. The first-order valence-electron chi connectivity index (χ1n) is 5.87. The van der Waals surface area contributed by atoms with Crippen molar-refractivity contribution >= 4 is 21.9 Å². The van der Waals surface area contributed by atoms with E-state index in [2.05, 4.69) is 15.9 Å². The molecule has 1 fully saturated rings. The van der Waals surface area contributed by atoms with Gasteiger partial charge in [-0.25, -0.2) is 0 Å². The zero-order chi connectivity index (χ0) is 12.2. The lowest BCUT2D eigenvalue weighted by molar-refractivity contribution is -0.154. The van der Waals surface area contributed by atoms with E-state index in [1.165, 1.54) is 6.42 Å². The van der Waals surface area contributed by atoms with Gasteiger partial charge in [0.05, 0.1) is 6.10 Å². The Balaban J connectivity index is 2.33. The Hall–Kier alpha value is -0.0900. The van der Waals surface area contributed by atoms with E-state index >= 15 is 0 Å². The highest BCUT2D eigenvalue weighted by atomic mass is 79.9. The molecule has 0 aromatic carbocycles. The summed E-state index contributed by atoms with van der Waals surface area (Å²) in [4.78, 5) is 11.5. The molecule has 0 aliphatic carbocycles. The van der Waals surface area contributed by atoms with Gasteiger partial charge >= 0.3 is 5.97 Å². The molecule has 4 heteroatoms. The molecule has 1 aliphatic heterocycles. The second kappa shape index (κ2) is 6.01. The zero-order valence-corrected chi connectivity index (χ0v) is 11.9. The third-order valence-electron chi connectivity index (χ3n) is 2.41. The summed E-state index contributed by atoms with van der Waals surface area (Å²) in [6.07, 6.45) is 4.28. The molecule has 0 spiro atoms. The van der Waals surface area contributed by atoms with E-state index < -0.39 is 5.60 Å². The Morgan fingerprint density at radius 1 is 1.50 bits per heavy atom. The number of hydrogen-bond acceptors (Lipinski definition) is 3. The molecule has 2 atom stereocenters. The lowest BCUT2D eigenvalue weighted by atomic mass is 10.0. The Kier molecular flexibility index (Phi) is 5.25. The molecule has 0 radical (unpaired) electrons. The van der Waals surface area contributed by atoms with Crippen LogP contribution in [-0.4, -0.2) is 29.1 Å². The van der Waals surface area contributed by atoms with Crippen molar-refractivity contribution in [2.75, 3.05) is 6.61 Å². The highest BCUT2D eigenvalue weighted by Gasteiger charge is 2.26. The Labute approximate surface area is 106 Å². The van der Waals surface area contributed by atoms with Crippen molar-refractivity contribution in [1.82, 2.24) is 0 Å². The summed E-state index contributed by atoms with van der Waals surface area (Å²) in [6.45, 7) is 6.45. The molecule has 0 amide bonds. The van der Waals surface area contributed by atoms with Crippen molar-refractivity contribution < 1.29 is 14.3 Å². The van der Waals surface area contributed by atoms with E-state index in [1.54, 1.807) is 0 Å². The van der Waals surface area contributed by atoms with E-state index in [-0.39, 0.29) is 16.9 Å². The van der Waals surface area contributed by atoms with Crippen LogP contribution in [0.3, 0.4) is 0 Å². The zero-order valence-electron chi connectivity index (χ0n) is 10.3. The fraction of sp³-hybridized carbons (Fsp3) is 0.917. The maximum Gasteiger partial charge on any atom is 0.320 e. The highest BCUT2D eigenvalue weighted by molar-refractivity contribution is 9.10. The molecule has 1 rings (SSSR count). The van der Waals surface area contributed by atoms with Crippen molar-refractivity contribution in [3.63, 3.8) is 0 Å². The van der Waals surface area contributed by atoms with Gasteiger partial charge in [-0.3, -0.25) is 4.79 Å². The van der Waals surface area contributed by atoms with Gasteiger partial charge in [0.25, 0.3) is 0 Å². The Morgan fingerprint density at radius 2 is 2.19 bits per heavy atom. The van der Waals surface area contributed by atoms with Crippen LogP contribution in [0.1, 0.15) is 46.5 Å². The van der Waals surface area contributed by atoms with E-state index in [4.69, 9.17) is 9.47 Å². The molecule has 1 aliphatic rings. The molecule has 0 aromatic heterocycles. The molecule has 0 N–H and O–H groups in total. The van der Waals surface area contributed by atoms with Crippen LogP contribution in [0.4, 0.5) is 0 Å². The van der Waals surface area contributed by atoms with Gasteiger partial charge < -0.3 is 9.47 Å². The Morgan fingerprint density at radius 3 is 2.69 bits per heavy atom. The van der Waals surface area contributed by atoms with Gasteiger partial charge in [0, 0.05) is 6.61 Å².